The van der Waals surface area contributed by atoms with Crippen LogP contribution in [-0.2, 0) is 37.2 Å². The van der Waals surface area contributed by atoms with Crippen molar-refractivity contribution in [2.75, 3.05) is 13.2 Å². The zero-order valence-electron chi connectivity index (χ0n) is 20.2. The third-order valence-electron chi connectivity index (χ3n) is 6.70. The van der Waals surface area contributed by atoms with E-state index in [1.54, 1.807) is 0 Å². The summed E-state index contributed by atoms with van der Waals surface area (Å²) >= 11 is 0. The minimum Gasteiger partial charge on any atom is -0.377 e. The number of nitrogens with one attached hydrogen (secondary N) is 1. The SMILES string of the molecule is CCc1ccc2[nH]c(=O)c(CN(Cc3nnnn3CCc3ccccc3)C[C@@H]3CCCO3)cc2c1. The van der Waals surface area contributed by atoms with E-state index in [4.69, 9.17) is 4.74 Å². The molecule has 2 aromatic heterocycles. The number of aryl methyl sites for hydroxylation is 3. The average Bonchev–Trinajstić information content (AvgIpc) is 3.55. The molecule has 0 aliphatic carbocycles. The first-order valence-corrected chi connectivity index (χ1v) is 12.5. The largest absolute Gasteiger partial charge is 0.377 e. The normalized spacial score (nSPS) is 15.9. The van der Waals surface area contributed by atoms with Crippen LogP contribution in [0.2, 0.25) is 0 Å². The Bertz CT molecular complexity index is 1310. The van der Waals surface area contributed by atoms with Gasteiger partial charge in [-0.2, -0.15) is 0 Å². The summed E-state index contributed by atoms with van der Waals surface area (Å²) in [4.78, 5) is 18.2. The molecule has 1 saturated heterocycles. The lowest BCUT2D eigenvalue weighted by atomic mass is 10.1. The second kappa shape index (κ2) is 10.9. The molecule has 0 radical (unpaired) electrons. The van der Waals surface area contributed by atoms with Gasteiger partial charge < -0.3 is 9.72 Å². The number of aromatic amines is 1. The lowest BCUT2D eigenvalue weighted by molar-refractivity contribution is 0.0663. The van der Waals surface area contributed by atoms with Crippen molar-refractivity contribution in [3.8, 4) is 0 Å². The molecule has 0 bridgehead atoms. The molecule has 8 nitrogen and oxygen atoms in total. The van der Waals surface area contributed by atoms with Crippen molar-refractivity contribution in [1.29, 1.82) is 0 Å². The Labute approximate surface area is 204 Å². The number of H-pyrrole nitrogens is 1. The first-order chi connectivity index (χ1) is 17.2. The molecular formula is C27H32N6O2. The third-order valence-corrected chi connectivity index (χ3v) is 6.70. The first-order valence-electron chi connectivity index (χ1n) is 12.5. The van der Waals surface area contributed by atoms with E-state index in [-0.39, 0.29) is 11.7 Å². The number of nitrogens with zero attached hydrogens (tertiary/aromatic N) is 5. The van der Waals surface area contributed by atoms with Crippen LogP contribution in [0.15, 0.2) is 59.4 Å². The van der Waals surface area contributed by atoms with Crippen LogP contribution in [0, 0.1) is 0 Å². The van der Waals surface area contributed by atoms with Crippen LogP contribution in [0.5, 0.6) is 0 Å². The quantitative estimate of drug-likeness (QED) is 0.380. The van der Waals surface area contributed by atoms with E-state index in [2.05, 4.69) is 56.6 Å². The molecule has 2 aromatic carbocycles. The highest BCUT2D eigenvalue weighted by molar-refractivity contribution is 5.79. The number of ether oxygens (including phenoxy) is 1. The van der Waals surface area contributed by atoms with Gasteiger partial charge in [-0.25, -0.2) is 4.68 Å². The molecule has 1 N–H and O–H groups in total. The molecule has 182 valence electrons. The van der Waals surface area contributed by atoms with E-state index in [1.807, 2.05) is 35.0 Å². The van der Waals surface area contributed by atoms with Gasteiger partial charge in [-0.15, -0.1) is 5.10 Å². The molecule has 35 heavy (non-hydrogen) atoms. The summed E-state index contributed by atoms with van der Waals surface area (Å²) in [6, 6.07) is 18.6. The van der Waals surface area contributed by atoms with Gasteiger partial charge >= 0.3 is 0 Å². The predicted molar refractivity (Wildman–Crippen MR) is 135 cm³/mol. The number of aromatic nitrogens is 5. The van der Waals surface area contributed by atoms with Crippen molar-refractivity contribution in [2.45, 2.75) is 58.3 Å². The molecule has 1 aliphatic heterocycles. The van der Waals surface area contributed by atoms with Crippen LogP contribution in [0.1, 0.15) is 42.3 Å². The fraction of sp³-hybridized carbons (Fsp3) is 0.407. The minimum atomic E-state index is -0.0530. The highest BCUT2D eigenvalue weighted by Gasteiger charge is 2.22. The van der Waals surface area contributed by atoms with Crippen molar-refractivity contribution in [2.24, 2.45) is 0 Å². The van der Waals surface area contributed by atoms with Gasteiger partial charge in [0, 0.05) is 37.3 Å². The van der Waals surface area contributed by atoms with E-state index in [0.29, 0.717) is 19.6 Å². The molecule has 8 heteroatoms. The molecule has 5 rings (SSSR count). The minimum absolute atomic E-state index is 0.0530. The van der Waals surface area contributed by atoms with Crippen molar-refractivity contribution < 1.29 is 4.74 Å². The molecule has 0 unspecified atom stereocenters. The van der Waals surface area contributed by atoms with E-state index in [9.17, 15) is 4.79 Å². The highest BCUT2D eigenvalue weighted by atomic mass is 16.5. The number of hydrogen-bond donors (Lipinski definition) is 1. The van der Waals surface area contributed by atoms with E-state index < -0.39 is 0 Å². The van der Waals surface area contributed by atoms with Crippen LogP contribution in [0.3, 0.4) is 0 Å². The summed E-state index contributed by atoms with van der Waals surface area (Å²) in [5.74, 6) is 0.796. The number of rotatable bonds is 10. The van der Waals surface area contributed by atoms with Crippen molar-refractivity contribution in [1.82, 2.24) is 30.1 Å². The summed E-state index contributed by atoms with van der Waals surface area (Å²) < 4.78 is 7.79. The summed E-state index contributed by atoms with van der Waals surface area (Å²) in [6.07, 6.45) is 4.08. The summed E-state index contributed by atoms with van der Waals surface area (Å²) in [5.41, 5.74) is 4.06. The molecule has 1 fully saturated rings. The second-order valence-corrected chi connectivity index (χ2v) is 9.26. The maximum atomic E-state index is 12.9. The maximum absolute atomic E-state index is 12.9. The molecule has 1 atom stereocenters. The Kier molecular flexibility index (Phi) is 7.30. The number of hydrogen-bond acceptors (Lipinski definition) is 6. The monoisotopic (exact) mass is 472 g/mol. The topological polar surface area (TPSA) is 88.9 Å². The van der Waals surface area contributed by atoms with Crippen LogP contribution >= 0.6 is 0 Å². The summed E-state index contributed by atoms with van der Waals surface area (Å²) in [7, 11) is 0. The van der Waals surface area contributed by atoms with Crippen LogP contribution < -0.4 is 5.56 Å². The van der Waals surface area contributed by atoms with Gasteiger partial charge in [-0.3, -0.25) is 9.69 Å². The zero-order valence-corrected chi connectivity index (χ0v) is 20.2. The summed E-state index contributed by atoms with van der Waals surface area (Å²) in [6.45, 7) is 5.43. The van der Waals surface area contributed by atoms with Gasteiger partial charge in [0.2, 0.25) is 0 Å². The Balaban J connectivity index is 1.36. The molecule has 4 aromatic rings. The fourth-order valence-electron chi connectivity index (χ4n) is 4.73. The maximum Gasteiger partial charge on any atom is 0.252 e. The van der Waals surface area contributed by atoms with Crippen molar-refractivity contribution in [3.63, 3.8) is 0 Å². The van der Waals surface area contributed by atoms with Crippen molar-refractivity contribution >= 4 is 10.9 Å². The summed E-state index contributed by atoms with van der Waals surface area (Å²) in [5, 5.41) is 13.5. The number of pyridine rings is 1. The lowest BCUT2D eigenvalue weighted by Gasteiger charge is -2.24. The predicted octanol–water partition coefficient (Wildman–Crippen LogP) is 3.50. The van der Waals surface area contributed by atoms with Gasteiger partial charge in [0.05, 0.1) is 12.6 Å². The third kappa shape index (κ3) is 5.83. The Morgan fingerprint density at radius 3 is 2.80 bits per heavy atom. The molecule has 0 spiro atoms. The molecule has 0 saturated carbocycles. The van der Waals surface area contributed by atoms with E-state index >= 15 is 0 Å². The standard InChI is InChI=1S/C27H32N6O2/c1-2-20-10-11-25-22(15-20)16-23(27(34)28-25)17-32(18-24-9-6-14-35-24)19-26-29-30-31-33(26)13-12-21-7-4-3-5-8-21/h3-5,7-8,10-11,15-16,24H,2,6,9,12-14,17-19H2,1H3,(H,28,34)/t24-/m0/s1. The number of benzene rings is 2. The number of fused-ring (bicyclic) bond motifs is 1. The van der Waals surface area contributed by atoms with Gasteiger partial charge in [0.25, 0.3) is 5.56 Å². The van der Waals surface area contributed by atoms with Gasteiger partial charge in [0.15, 0.2) is 5.82 Å². The van der Waals surface area contributed by atoms with Gasteiger partial charge in [-0.1, -0.05) is 43.3 Å². The first kappa shape index (κ1) is 23.4. The van der Waals surface area contributed by atoms with Gasteiger partial charge in [-0.05, 0) is 70.8 Å². The molecule has 0 amide bonds. The molecule has 1 aliphatic rings. The Morgan fingerprint density at radius 2 is 2.00 bits per heavy atom. The number of tetrazole rings is 1. The Hall–Kier alpha value is -3.36. The van der Waals surface area contributed by atoms with Gasteiger partial charge in [0.1, 0.15) is 0 Å². The Morgan fingerprint density at radius 1 is 1.11 bits per heavy atom. The van der Waals surface area contributed by atoms with E-state index in [0.717, 1.165) is 61.1 Å². The fourth-order valence-corrected chi connectivity index (χ4v) is 4.73. The average molecular weight is 473 g/mol. The lowest BCUT2D eigenvalue weighted by Crippen LogP contribution is -2.34. The zero-order chi connectivity index (χ0) is 24.0. The van der Waals surface area contributed by atoms with Crippen LogP contribution in [-0.4, -0.2) is 49.3 Å². The highest BCUT2D eigenvalue weighted by Crippen LogP contribution is 2.18. The van der Waals surface area contributed by atoms with Crippen molar-refractivity contribution in [3.05, 3.63) is 87.5 Å². The second-order valence-electron chi connectivity index (χ2n) is 9.26. The smallest absolute Gasteiger partial charge is 0.252 e. The van der Waals surface area contributed by atoms with Crippen LogP contribution in [0.25, 0.3) is 10.9 Å². The van der Waals surface area contributed by atoms with E-state index in [1.165, 1.54) is 11.1 Å². The van der Waals surface area contributed by atoms with Crippen LogP contribution in [0.4, 0.5) is 0 Å². The molecular weight excluding hydrogens is 440 g/mol. The molecule has 3 heterocycles.